The third-order valence-corrected chi connectivity index (χ3v) is 14.0. The van der Waals surface area contributed by atoms with Crippen LogP contribution in [0.1, 0.15) is 98.3 Å². The highest BCUT2D eigenvalue weighted by Crippen LogP contribution is 2.70. The second-order valence-electron chi connectivity index (χ2n) is 15.6. The highest BCUT2D eigenvalue weighted by atomic mass is 16.7. The predicted molar refractivity (Wildman–Crippen MR) is 146 cm³/mol. The molecule has 0 amide bonds. The second-order valence-corrected chi connectivity index (χ2v) is 15.6. The van der Waals surface area contributed by atoms with Crippen LogP contribution in [0, 0.1) is 51.8 Å². The lowest BCUT2D eigenvalue weighted by molar-refractivity contribution is -0.207. The topological polar surface area (TPSA) is 82.5 Å². The van der Waals surface area contributed by atoms with Gasteiger partial charge in [-0.25, -0.2) is 0 Å². The molecule has 5 nitrogen and oxygen atoms in total. The maximum Gasteiger partial charge on any atom is 0.115 e. The molecular weight excluding hydrogens is 476 g/mol. The minimum atomic E-state index is -0.823. The Bertz CT molecular complexity index is 965. The molecule has 0 aromatic carbocycles. The number of hydrogen-bond acceptors (Lipinski definition) is 5. The standard InChI is InChI=1S/C33H52O5/c1-18-9-14-33(30(36)29-26(35)28-27(38-28)24(17-34)37-29)15-11-22-20(23(33)16-18)7-8-25-31(3)12-5-6-19(2)21(31)10-13-32(22,25)4/h7,18-19,21-30,34-36H,5-6,8-17H2,1-4H3. The van der Waals surface area contributed by atoms with Crippen molar-refractivity contribution in [2.45, 2.75) is 135 Å². The summed E-state index contributed by atoms with van der Waals surface area (Å²) >= 11 is 0. The van der Waals surface area contributed by atoms with Gasteiger partial charge in [-0.3, -0.25) is 0 Å². The molecular formula is C33H52O5. The van der Waals surface area contributed by atoms with Crippen LogP contribution in [0.2, 0.25) is 0 Å². The highest BCUT2D eigenvalue weighted by Gasteiger charge is 2.66. The molecule has 38 heavy (non-hydrogen) atoms. The van der Waals surface area contributed by atoms with Crippen LogP contribution >= 0.6 is 0 Å². The molecule has 4 saturated carbocycles. The number of aliphatic hydroxyl groups excluding tert-OH is 3. The van der Waals surface area contributed by atoms with Crippen molar-refractivity contribution >= 4 is 0 Å². The van der Waals surface area contributed by atoms with E-state index in [2.05, 4.69) is 33.8 Å². The monoisotopic (exact) mass is 528 g/mol. The summed E-state index contributed by atoms with van der Waals surface area (Å²) < 4.78 is 11.9. The molecule has 0 radical (unpaired) electrons. The molecule has 5 heteroatoms. The average Bonchev–Trinajstić information content (AvgIpc) is 3.70. The van der Waals surface area contributed by atoms with Crippen LogP contribution in [0.15, 0.2) is 11.6 Å². The molecule has 15 unspecified atom stereocenters. The van der Waals surface area contributed by atoms with E-state index in [0.717, 1.165) is 49.9 Å². The van der Waals surface area contributed by atoms with Crippen molar-refractivity contribution in [3.63, 3.8) is 0 Å². The van der Waals surface area contributed by atoms with E-state index in [1.165, 1.54) is 38.5 Å². The van der Waals surface area contributed by atoms with Gasteiger partial charge in [0.05, 0.1) is 12.7 Å². The molecule has 0 bridgehead atoms. The summed E-state index contributed by atoms with van der Waals surface area (Å²) in [5.74, 6) is 4.12. The summed E-state index contributed by atoms with van der Waals surface area (Å²) in [5.41, 5.74) is 2.20. The molecule has 0 aromatic heterocycles. The molecule has 7 aliphatic rings. The van der Waals surface area contributed by atoms with Gasteiger partial charge in [-0.05, 0) is 97.7 Å². The highest BCUT2D eigenvalue weighted by molar-refractivity contribution is 5.29. The SMILES string of the molecule is CC1CCC2(C(O)C3OC(CO)C4OC4C3O)CCC3C(=CCC4C3(C)CCC3C(C)CCCC34C)C2C1. The summed E-state index contributed by atoms with van der Waals surface area (Å²) in [6, 6.07) is 0. The second kappa shape index (κ2) is 9.02. The number of fused-ring (bicyclic) bond motifs is 8. The zero-order valence-electron chi connectivity index (χ0n) is 24.1. The lowest BCUT2D eigenvalue weighted by Gasteiger charge is -2.66. The average molecular weight is 529 g/mol. The van der Waals surface area contributed by atoms with Gasteiger partial charge >= 0.3 is 0 Å². The molecule has 2 aliphatic heterocycles. The van der Waals surface area contributed by atoms with Gasteiger partial charge in [0.25, 0.3) is 0 Å². The number of epoxide rings is 1. The zero-order chi connectivity index (χ0) is 26.6. The van der Waals surface area contributed by atoms with Gasteiger partial charge in [0.2, 0.25) is 0 Å². The molecule has 2 saturated heterocycles. The number of hydrogen-bond donors (Lipinski definition) is 3. The Morgan fingerprint density at radius 2 is 1.74 bits per heavy atom. The summed E-state index contributed by atoms with van der Waals surface area (Å²) in [4.78, 5) is 0. The van der Waals surface area contributed by atoms with Gasteiger partial charge in [0, 0.05) is 5.41 Å². The molecule has 2 heterocycles. The van der Waals surface area contributed by atoms with Crippen molar-refractivity contribution in [1.82, 2.24) is 0 Å². The molecule has 15 atom stereocenters. The van der Waals surface area contributed by atoms with E-state index in [4.69, 9.17) is 9.47 Å². The van der Waals surface area contributed by atoms with E-state index in [1.807, 2.05) is 0 Å². The molecule has 5 aliphatic carbocycles. The van der Waals surface area contributed by atoms with Crippen LogP contribution in [-0.4, -0.2) is 58.6 Å². The first kappa shape index (κ1) is 26.4. The first-order valence-corrected chi connectivity index (χ1v) is 16.1. The van der Waals surface area contributed by atoms with E-state index in [1.54, 1.807) is 5.57 Å². The fraction of sp³-hybridized carbons (Fsp3) is 0.939. The summed E-state index contributed by atoms with van der Waals surface area (Å²) in [6.45, 7) is 10.1. The molecule has 0 spiro atoms. The smallest absolute Gasteiger partial charge is 0.115 e. The first-order valence-electron chi connectivity index (χ1n) is 16.1. The van der Waals surface area contributed by atoms with E-state index in [-0.39, 0.29) is 24.2 Å². The van der Waals surface area contributed by atoms with Gasteiger partial charge in [-0.1, -0.05) is 58.6 Å². The van der Waals surface area contributed by atoms with E-state index in [0.29, 0.717) is 28.6 Å². The Balaban J connectivity index is 1.22. The van der Waals surface area contributed by atoms with Crippen LogP contribution in [0.4, 0.5) is 0 Å². The molecule has 3 N–H and O–H groups in total. The van der Waals surface area contributed by atoms with Gasteiger partial charge in [0.15, 0.2) is 0 Å². The minimum absolute atomic E-state index is 0.129. The number of allylic oxidation sites excluding steroid dienone is 2. The molecule has 214 valence electrons. The predicted octanol–water partition coefficient (Wildman–Crippen LogP) is 5.26. The maximum atomic E-state index is 12.2. The van der Waals surface area contributed by atoms with Crippen LogP contribution in [0.3, 0.4) is 0 Å². The van der Waals surface area contributed by atoms with Crippen molar-refractivity contribution in [2.24, 2.45) is 51.8 Å². The van der Waals surface area contributed by atoms with Gasteiger partial charge < -0.3 is 24.8 Å². The largest absolute Gasteiger partial charge is 0.394 e. The fourth-order valence-electron chi connectivity index (χ4n) is 12.0. The van der Waals surface area contributed by atoms with Crippen molar-refractivity contribution in [3.05, 3.63) is 11.6 Å². The quantitative estimate of drug-likeness (QED) is 0.344. The van der Waals surface area contributed by atoms with Crippen molar-refractivity contribution in [2.75, 3.05) is 6.61 Å². The molecule has 0 aromatic rings. The third-order valence-electron chi connectivity index (χ3n) is 14.0. The summed E-state index contributed by atoms with van der Waals surface area (Å²) in [7, 11) is 0. The Kier molecular flexibility index (Phi) is 6.27. The van der Waals surface area contributed by atoms with Crippen LogP contribution in [0.5, 0.6) is 0 Å². The van der Waals surface area contributed by atoms with E-state index in [9.17, 15) is 15.3 Å². The Morgan fingerprint density at radius 1 is 0.947 bits per heavy atom. The van der Waals surface area contributed by atoms with E-state index >= 15 is 0 Å². The molecule has 7 rings (SSSR count). The normalized spacial score (nSPS) is 58.3. The van der Waals surface area contributed by atoms with E-state index < -0.39 is 24.4 Å². The lowest BCUT2D eigenvalue weighted by atomic mass is 9.38. The van der Waals surface area contributed by atoms with Gasteiger partial charge in [-0.15, -0.1) is 0 Å². The molecule has 6 fully saturated rings. The van der Waals surface area contributed by atoms with Crippen molar-refractivity contribution < 1.29 is 24.8 Å². The van der Waals surface area contributed by atoms with Crippen molar-refractivity contribution in [3.8, 4) is 0 Å². The lowest BCUT2D eigenvalue weighted by Crippen LogP contribution is -2.62. The minimum Gasteiger partial charge on any atom is -0.394 e. The van der Waals surface area contributed by atoms with Gasteiger partial charge in [0.1, 0.15) is 30.5 Å². The third kappa shape index (κ3) is 3.53. The van der Waals surface area contributed by atoms with Crippen LogP contribution in [0.25, 0.3) is 0 Å². The Labute approximate surface area is 229 Å². The van der Waals surface area contributed by atoms with Gasteiger partial charge in [-0.2, -0.15) is 0 Å². The Hall–Kier alpha value is -0.460. The summed E-state index contributed by atoms with van der Waals surface area (Å²) in [5, 5.41) is 33.2. The number of ether oxygens (including phenoxy) is 2. The first-order chi connectivity index (χ1) is 18.1. The van der Waals surface area contributed by atoms with Crippen LogP contribution in [-0.2, 0) is 9.47 Å². The maximum absolute atomic E-state index is 12.2. The Morgan fingerprint density at radius 3 is 2.53 bits per heavy atom. The van der Waals surface area contributed by atoms with Crippen molar-refractivity contribution in [1.29, 1.82) is 0 Å². The van der Waals surface area contributed by atoms with Crippen LogP contribution < -0.4 is 0 Å². The zero-order valence-corrected chi connectivity index (χ0v) is 24.1. The number of rotatable bonds is 3. The fourth-order valence-corrected chi connectivity index (χ4v) is 12.0. The summed E-state index contributed by atoms with van der Waals surface area (Å²) in [6.07, 6.45) is 13.0. The number of aliphatic hydroxyl groups is 3.